The summed E-state index contributed by atoms with van der Waals surface area (Å²) in [4.78, 5) is 0. The second kappa shape index (κ2) is 6.94. The first-order valence-corrected chi connectivity index (χ1v) is 9.17. The maximum atomic E-state index is 12.5. The molecule has 2 rings (SSSR count). The van der Waals surface area contributed by atoms with E-state index >= 15 is 0 Å². The first kappa shape index (κ1) is 16.5. The topological polar surface area (TPSA) is 62.6 Å². The van der Waals surface area contributed by atoms with Gasteiger partial charge in [0.2, 0.25) is 5.09 Å². The lowest BCUT2D eigenvalue weighted by molar-refractivity contribution is 0.361. The fourth-order valence-corrected chi connectivity index (χ4v) is 3.64. The summed E-state index contributed by atoms with van der Waals surface area (Å²) in [6.45, 7) is 8.66. The SMILES string of the molecule is CCN(CC1CC1)S(=O)(=O)c1ccc(CNCC(C)C)o1. The molecule has 1 N–H and O–H groups in total. The van der Waals surface area contributed by atoms with Crippen molar-refractivity contribution in [1.82, 2.24) is 9.62 Å². The van der Waals surface area contributed by atoms with Crippen molar-refractivity contribution >= 4 is 10.0 Å². The van der Waals surface area contributed by atoms with Gasteiger partial charge >= 0.3 is 0 Å². The molecule has 0 saturated heterocycles. The van der Waals surface area contributed by atoms with Crippen LogP contribution in [0.4, 0.5) is 0 Å². The van der Waals surface area contributed by atoms with Crippen molar-refractivity contribution in [3.8, 4) is 0 Å². The fraction of sp³-hybridized carbons (Fsp3) is 0.733. The standard InChI is InChI=1S/C15H26N2O3S/c1-4-17(11-13-5-6-13)21(18,19)15-8-7-14(20-15)10-16-9-12(2)3/h7-8,12-13,16H,4-6,9-11H2,1-3H3. The molecule has 0 aromatic carbocycles. The van der Waals surface area contributed by atoms with E-state index in [0.717, 1.165) is 19.4 Å². The maximum absolute atomic E-state index is 12.5. The van der Waals surface area contributed by atoms with Gasteiger partial charge in [-0.15, -0.1) is 0 Å². The molecule has 1 aromatic heterocycles. The average Bonchev–Trinajstić information content (AvgIpc) is 3.11. The Morgan fingerprint density at radius 2 is 2.10 bits per heavy atom. The molecule has 1 aliphatic rings. The first-order valence-electron chi connectivity index (χ1n) is 7.73. The Morgan fingerprint density at radius 1 is 1.38 bits per heavy atom. The molecule has 0 spiro atoms. The van der Waals surface area contributed by atoms with Crippen LogP contribution in [0.1, 0.15) is 39.4 Å². The Morgan fingerprint density at radius 3 is 2.67 bits per heavy atom. The lowest BCUT2D eigenvalue weighted by Gasteiger charge is -2.18. The highest BCUT2D eigenvalue weighted by Gasteiger charge is 2.32. The maximum Gasteiger partial charge on any atom is 0.276 e. The van der Waals surface area contributed by atoms with E-state index in [-0.39, 0.29) is 5.09 Å². The summed E-state index contributed by atoms with van der Waals surface area (Å²) in [5, 5.41) is 3.31. The van der Waals surface area contributed by atoms with Gasteiger partial charge in [-0.2, -0.15) is 4.31 Å². The van der Waals surface area contributed by atoms with Crippen LogP contribution in [0.5, 0.6) is 0 Å². The molecule has 5 nitrogen and oxygen atoms in total. The molecule has 1 aliphatic carbocycles. The van der Waals surface area contributed by atoms with Crippen LogP contribution in [0.3, 0.4) is 0 Å². The Labute approximate surface area is 127 Å². The molecule has 0 aliphatic heterocycles. The van der Waals surface area contributed by atoms with Gasteiger partial charge in [-0.3, -0.25) is 0 Å². The number of nitrogens with zero attached hydrogens (tertiary/aromatic N) is 1. The quantitative estimate of drug-likeness (QED) is 0.760. The summed E-state index contributed by atoms with van der Waals surface area (Å²) in [5.41, 5.74) is 0. The Balaban J connectivity index is 2.00. The predicted molar refractivity (Wildman–Crippen MR) is 82.4 cm³/mol. The minimum absolute atomic E-state index is 0.0614. The highest BCUT2D eigenvalue weighted by atomic mass is 32.2. The van der Waals surface area contributed by atoms with Gasteiger partial charge in [0.25, 0.3) is 10.0 Å². The van der Waals surface area contributed by atoms with Gasteiger partial charge in [0, 0.05) is 13.1 Å². The zero-order chi connectivity index (χ0) is 15.5. The number of hydrogen-bond donors (Lipinski definition) is 1. The molecule has 1 saturated carbocycles. The zero-order valence-electron chi connectivity index (χ0n) is 13.1. The fourth-order valence-electron chi connectivity index (χ4n) is 2.19. The minimum Gasteiger partial charge on any atom is -0.447 e. The average molecular weight is 314 g/mol. The van der Waals surface area contributed by atoms with E-state index < -0.39 is 10.0 Å². The van der Waals surface area contributed by atoms with Crippen LogP contribution in [0.25, 0.3) is 0 Å². The molecule has 6 heteroatoms. The van der Waals surface area contributed by atoms with Gasteiger partial charge in [0.15, 0.2) is 0 Å². The third kappa shape index (κ3) is 4.56. The van der Waals surface area contributed by atoms with Crippen LogP contribution in [0.15, 0.2) is 21.6 Å². The van der Waals surface area contributed by atoms with Gasteiger partial charge in [-0.1, -0.05) is 20.8 Å². The molecule has 1 fully saturated rings. The number of sulfonamides is 1. The monoisotopic (exact) mass is 314 g/mol. The third-order valence-corrected chi connectivity index (χ3v) is 5.41. The first-order chi connectivity index (χ1) is 9.93. The Bertz CT molecular complexity index is 547. The van der Waals surface area contributed by atoms with Crippen molar-refractivity contribution in [3.05, 3.63) is 17.9 Å². The summed E-state index contributed by atoms with van der Waals surface area (Å²) >= 11 is 0. The molecule has 1 heterocycles. The van der Waals surface area contributed by atoms with Crippen molar-refractivity contribution in [1.29, 1.82) is 0 Å². The predicted octanol–water partition coefficient (Wildman–Crippen LogP) is 2.45. The zero-order valence-corrected chi connectivity index (χ0v) is 13.9. The van der Waals surface area contributed by atoms with E-state index in [4.69, 9.17) is 4.42 Å². The minimum atomic E-state index is -3.49. The number of furan rings is 1. The van der Waals surface area contributed by atoms with Crippen molar-refractivity contribution in [3.63, 3.8) is 0 Å². The lowest BCUT2D eigenvalue weighted by Crippen LogP contribution is -2.32. The lowest BCUT2D eigenvalue weighted by atomic mass is 10.2. The summed E-state index contributed by atoms with van der Waals surface area (Å²) in [5.74, 6) is 1.75. The smallest absolute Gasteiger partial charge is 0.276 e. The molecule has 0 amide bonds. The van der Waals surface area contributed by atoms with Crippen LogP contribution < -0.4 is 5.32 Å². The highest BCUT2D eigenvalue weighted by molar-refractivity contribution is 7.89. The summed E-state index contributed by atoms with van der Waals surface area (Å²) < 4.78 is 32.1. The van der Waals surface area contributed by atoms with Gasteiger partial charge in [-0.05, 0) is 43.4 Å². The normalized spacial score (nSPS) is 16.0. The van der Waals surface area contributed by atoms with E-state index in [2.05, 4.69) is 19.2 Å². The van der Waals surface area contributed by atoms with Crippen molar-refractivity contribution in [2.45, 2.75) is 45.2 Å². The molecule has 120 valence electrons. The Kier molecular flexibility index (Phi) is 5.46. The number of nitrogens with one attached hydrogen (secondary N) is 1. The van der Waals surface area contributed by atoms with Crippen LogP contribution in [0, 0.1) is 11.8 Å². The summed E-state index contributed by atoms with van der Waals surface area (Å²) in [6, 6.07) is 3.31. The van der Waals surface area contributed by atoms with Crippen molar-refractivity contribution in [2.24, 2.45) is 11.8 Å². The molecular weight excluding hydrogens is 288 g/mol. The van der Waals surface area contributed by atoms with E-state index in [9.17, 15) is 8.42 Å². The van der Waals surface area contributed by atoms with Gasteiger partial charge < -0.3 is 9.73 Å². The second-order valence-electron chi connectivity index (χ2n) is 6.14. The third-order valence-electron chi connectivity index (χ3n) is 3.59. The Hall–Kier alpha value is -0.850. The van der Waals surface area contributed by atoms with Gasteiger partial charge in [0.1, 0.15) is 5.76 Å². The van der Waals surface area contributed by atoms with Gasteiger partial charge in [0.05, 0.1) is 6.54 Å². The molecule has 0 atom stereocenters. The summed E-state index contributed by atoms with van der Waals surface area (Å²) in [6.07, 6.45) is 2.27. The van der Waals surface area contributed by atoms with E-state index in [1.165, 1.54) is 4.31 Å². The van der Waals surface area contributed by atoms with Crippen molar-refractivity contribution < 1.29 is 12.8 Å². The number of rotatable bonds is 9. The van der Waals surface area contributed by atoms with E-state index in [1.807, 2.05) is 6.92 Å². The van der Waals surface area contributed by atoms with Gasteiger partial charge in [-0.25, -0.2) is 8.42 Å². The molecular formula is C15H26N2O3S. The molecule has 0 unspecified atom stereocenters. The molecule has 1 aromatic rings. The van der Waals surface area contributed by atoms with Crippen LogP contribution in [0.2, 0.25) is 0 Å². The van der Waals surface area contributed by atoms with Crippen LogP contribution in [-0.2, 0) is 16.6 Å². The largest absolute Gasteiger partial charge is 0.447 e. The number of hydrogen-bond acceptors (Lipinski definition) is 4. The highest BCUT2D eigenvalue weighted by Crippen LogP contribution is 2.31. The van der Waals surface area contributed by atoms with Crippen LogP contribution >= 0.6 is 0 Å². The van der Waals surface area contributed by atoms with Crippen molar-refractivity contribution in [2.75, 3.05) is 19.6 Å². The molecule has 0 bridgehead atoms. The van der Waals surface area contributed by atoms with E-state index in [0.29, 0.717) is 37.2 Å². The van der Waals surface area contributed by atoms with E-state index in [1.54, 1.807) is 12.1 Å². The summed E-state index contributed by atoms with van der Waals surface area (Å²) in [7, 11) is -3.49. The molecule has 0 radical (unpaired) electrons. The second-order valence-corrected chi connectivity index (χ2v) is 8.01. The van der Waals surface area contributed by atoms with Crippen LogP contribution in [-0.4, -0.2) is 32.4 Å². The molecule has 21 heavy (non-hydrogen) atoms.